The molecule has 0 saturated carbocycles. The van der Waals surface area contributed by atoms with Gasteiger partial charge >= 0.3 is 5.97 Å². The van der Waals surface area contributed by atoms with E-state index in [0.717, 1.165) is 11.1 Å². The number of nitrogens with zero attached hydrogens (tertiary/aromatic N) is 1. The molecule has 1 fully saturated rings. The Morgan fingerprint density at radius 1 is 0.929 bits per heavy atom. The predicted molar refractivity (Wildman–Crippen MR) is 155 cm³/mol. The van der Waals surface area contributed by atoms with Crippen LogP contribution in [0.15, 0.2) is 54.6 Å². The van der Waals surface area contributed by atoms with Gasteiger partial charge < -0.3 is 20.7 Å². The van der Waals surface area contributed by atoms with Crippen LogP contribution in [-0.4, -0.2) is 59.5 Å². The average Bonchev–Trinajstić information content (AvgIpc) is 3.21. The molecule has 3 rings (SSSR count). The van der Waals surface area contributed by atoms with Gasteiger partial charge in [-0.1, -0.05) is 55.8 Å². The third-order valence-electron chi connectivity index (χ3n) is 6.79. The first-order valence-electron chi connectivity index (χ1n) is 14.1. The van der Waals surface area contributed by atoms with E-state index in [0.29, 0.717) is 31.5 Å². The Kier molecular flexibility index (Phi) is 12.2. The van der Waals surface area contributed by atoms with Crippen LogP contribution in [0.25, 0.3) is 0 Å². The Hall–Kier alpha value is -4.54. The summed E-state index contributed by atoms with van der Waals surface area (Å²) in [6.45, 7) is 3.26. The summed E-state index contributed by atoms with van der Waals surface area (Å²) in [6.07, 6.45) is 2.49. The fourth-order valence-corrected chi connectivity index (χ4v) is 4.51. The first-order valence-corrected chi connectivity index (χ1v) is 14.1. The maximum absolute atomic E-state index is 13.0. The lowest BCUT2D eigenvalue weighted by Gasteiger charge is -2.19. The van der Waals surface area contributed by atoms with Gasteiger partial charge in [0.2, 0.25) is 29.5 Å². The average molecular weight is 579 g/mol. The number of hydrogen-bond acceptors (Lipinski definition) is 7. The highest BCUT2D eigenvalue weighted by Gasteiger charge is 2.34. The van der Waals surface area contributed by atoms with E-state index in [9.17, 15) is 28.8 Å². The molecule has 2 aromatic rings. The van der Waals surface area contributed by atoms with Gasteiger partial charge in [0.25, 0.3) is 0 Å². The van der Waals surface area contributed by atoms with Crippen molar-refractivity contribution in [1.29, 1.82) is 0 Å². The van der Waals surface area contributed by atoms with E-state index in [-0.39, 0.29) is 62.0 Å². The lowest BCUT2D eigenvalue weighted by molar-refractivity contribution is -0.142. The summed E-state index contributed by atoms with van der Waals surface area (Å²) in [6, 6.07) is 15.1. The van der Waals surface area contributed by atoms with Gasteiger partial charge in [0.15, 0.2) is 0 Å². The first kappa shape index (κ1) is 32.0. The number of unbranched alkanes of at least 4 members (excludes halogenated alkanes) is 2. The molecule has 11 heteroatoms. The molecule has 0 aromatic heterocycles. The molecule has 5 amide bonds. The number of esters is 1. The van der Waals surface area contributed by atoms with E-state index in [1.54, 1.807) is 31.2 Å². The third-order valence-corrected chi connectivity index (χ3v) is 6.79. The van der Waals surface area contributed by atoms with Crippen LogP contribution in [0, 0.1) is 5.92 Å². The number of carbonyl (C=O) groups is 6. The molecule has 0 aliphatic carbocycles. The molecule has 0 bridgehead atoms. The summed E-state index contributed by atoms with van der Waals surface area (Å²) in [5.41, 5.74) is 2.13. The highest BCUT2D eigenvalue weighted by molar-refractivity contribution is 6.03. The third kappa shape index (κ3) is 10.5. The van der Waals surface area contributed by atoms with E-state index in [4.69, 9.17) is 4.74 Å². The number of rotatable bonds is 15. The molecule has 3 N–H and O–H groups in total. The fourth-order valence-electron chi connectivity index (χ4n) is 4.51. The largest absolute Gasteiger partial charge is 0.461 e. The molecule has 11 nitrogen and oxygen atoms in total. The second-order valence-electron chi connectivity index (χ2n) is 10.4. The highest BCUT2D eigenvalue weighted by Crippen LogP contribution is 2.19. The van der Waals surface area contributed by atoms with E-state index in [1.165, 1.54) is 11.8 Å². The molecule has 1 aliphatic heterocycles. The minimum atomic E-state index is -0.880. The zero-order valence-corrected chi connectivity index (χ0v) is 24.0. The van der Waals surface area contributed by atoms with Crippen LogP contribution in [0.1, 0.15) is 57.1 Å². The minimum Gasteiger partial charge on any atom is -0.461 e. The molecule has 0 radical (unpaired) electrons. The lowest BCUT2D eigenvalue weighted by atomic mass is 10.0. The number of imide groups is 1. The second-order valence-corrected chi connectivity index (χ2v) is 10.4. The van der Waals surface area contributed by atoms with Crippen molar-refractivity contribution < 1.29 is 33.5 Å². The van der Waals surface area contributed by atoms with Crippen LogP contribution < -0.4 is 16.0 Å². The molecule has 2 aromatic carbocycles. The van der Waals surface area contributed by atoms with Gasteiger partial charge in [-0.2, -0.15) is 0 Å². The van der Waals surface area contributed by atoms with Gasteiger partial charge in [0, 0.05) is 44.3 Å². The molecule has 1 heterocycles. The van der Waals surface area contributed by atoms with Crippen molar-refractivity contribution in [1.82, 2.24) is 15.5 Å². The number of ether oxygens (including phenoxy) is 1. The van der Waals surface area contributed by atoms with Crippen molar-refractivity contribution >= 4 is 41.2 Å². The van der Waals surface area contributed by atoms with E-state index < -0.39 is 17.9 Å². The molecule has 1 saturated heterocycles. The number of carbonyl (C=O) groups excluding carboxylic acids is 6. The zero-order chi connectivity index (χ0) is 30.5. The predicted octanol–water partition coefficient (Wildman–Crippen LogP) is 2.49. The number of amides is 5. The number of benzene rings is 2. The number of nitrogens with one attached hydrogen (secondary N) is 3. The zero-order valence-electron chi connectivity index (χ0n) is 24.0. The Bertz CT molecular complexity index is 1260. The number of hydrogen-bond donors (Lipinski definition) is 3. The molecular formula is C31H38N4O7. The van der Waals surface area contributed by atoms with E-state index in [2.05, 4.69) is 16.0 Å². The molecule has 2 unspecified atom stereocenters. The van der Waals surface area contributed by atoms with Gasteiger partial charge in [0.1, 0.15) is 12.6 Å². The van der Waals surface area contributed by atoms with Gasteiger partial charge in [-0.3, -0.25) is 33.7 Å². The van der Waals surface area contributed by atoms with Gasteiger partial charge in [0.05, 0.1) is 6.54 Å². The summed E-state index contributed by atoms with van der Waals surface area (Å²) in [5.74, 6) is -2.17. The molecule has 1 aliphatic rings. The second kappa shape index (κ2) is 16.0. The van der Waals surface area contributed by atoms with Crippen molar-refractivity contribution in [3.63, 3.8) is 0 Å². The standard InChI is InChI=1S/C31H38N4O7/c1-21-17-29(39)35(31(21)41)16-8-4-7-11-27(37)34-26(18-23-9-5-3-6-10-23)30(40)32-19-28(38)33-25-14-12-24(13-15-25)20-42-22(2)36/h3,5-6,9-10,12-15,21,26H,4,7-8,11,16-20H2,1-2H3,(H,32,40)(H,33,38)(H,34,37). The van der Waals surface area contributed by atoms with Crippen molar-refractivity contribution in [2.24, 2.45) is 5.92 Å². The Labute approximate surface area is 245 Å². The lowest BCUT2D eigenvalue weighted by Crippen LogP contribution is -2.49. The van der Waals surface area contributed by atoms with Crippen LogP contribution in [-0.2, 0) is 46.5 Å². The fraction of sp³-hybridized carbons (Fsp3) is 0.419. The van der Waals surface area contributed by atoms with Crippen molar-refractivity contribution in [2.45, 2.75) is 65.0 Å². The van der Waals surface area contributed by atoms with E-state index >= 15 is 0 Å². The molecular weight excluding hydrogens is 540 g/mol. The van der Waals surface area contributed by atoms with Crippen molar-refractivity contribution in [3.05, 3.63) is 65.7 Å². The molecule has 2 atom stereocenters. The van der Waals surface area contributed by atoms with Crippen LogP contribution in [0.5, 0.6) is 0 Å². The van der Waals surface area contributed by atoms with Gasteiger partial charge in [-0.25, -0.2) is 0 Å². The molecule has 0 spiro atoms. The summed E-state index contributed by atoms with van der Waals surface area (Å²) in [7, 11) is 0. The summed E-state index contributed by atoms with van der Waals surface area (Å²) < 4.78 is 4.94. The molecule has 42 heavy (non-hydrogen) atoms. The summed E-state index contributed by atoms with van der Waals surface area (Å²) in [4.78, 5) is 74.3. The van der Waals surface area contributed by atoms with Gasteiger partial charge in [-0.05, 0) is 36.1 Å². The Morgan fingerprint density at radius 3 is 2.29 bits per heavy atom. The highest BCUT2D eigenvalue weighted by atomic mass is 16.5. The van der Waals surface area contributed by atoms with Crippen LogP contribution in [0.3, 0.4) is 0 Å². The Morgan fingerprint density at radius 2 is 1.64 bits per heavy atom. The molecule has 224 valence electrons. The Balaban J connectivity index is 1.45. The van der Waals surface area contributed by atoms with Crippen LogP contribution >= 0.6 is 0 Å². The maximum Gasteiger partial charge on any atom is 0.302 e. The van der Waals surface area contributed by atoms with Crippen molar-refractivity contribution in [3.8, 4) is 0 Å². The smallest absolute Gasteiger partial charge is 0.302 e. The summed E-state index contributed by atoms with van der Waals surface area (Å²) >= 11 is 0. The summed E-state index contributed by atoms with van der Waals surface area (Å²) in [5, 5.41) is 8.07. The minimum absolute atomic E-state index is 0.133. The number of likely N-dealkylation sites (tertiary alicyclic amines) is 1. The topological polar surface area (TPSA) is 151 Å². The van der Waals surface area contributed by atoms with Crippen LogP contribution in [0.4, 0.5) is 5.69 Å². The maximum atomic E-state index is 13.0. The monoisotopic (exact) mass is 578 g/mol. The first-order chi connectivity index (χ1) is 20.1. The van der Waals surface area contributed by atoms with Crippen molar-refractivity contribution in [2.75, 3.05) is 18.4 Å². The quantitative estimate of drug-likeness (QED) is 0.167. The normalized spacial score (nSPS) is 15.2. The SMILES string of the molecule is CC(=O)OCc1ccc(NC(=O)CNC(=O)C(Cc2ccccc2)NC(=O)CCCCCN2C(=O)CC(C)C2=O)cc1. The van der Waals surface area contributed by atoms with Crippen LogP contribution in [0.2, 0.25) is 0 Å². The van der Waals surface area contributed by atoms with Gasteiger partial charge in [-0.15, -0.1) is 0 Å². The number of anilines is 1. The van der Waals surface area contributed by atoms with E-state index in [1.807, 2.05) is 30.3 Å².